The number of methoxy groups -OCH3 is 1. The zero-order valence-electron chi connectivity index (χ0n) is 12.0. The van der Waals surface area contributed by atoms with Crippen LogP contribution in [-0.4, -0.2) is 13.7 Å². The second kappa shape index (κ2) is 7.72. The first kappa shape index (κ1) is 14.6. The van der Waals surface area contributed by atoms with Gasteiger partial charge in [0.15, 0.2) is 0 Å². The molecular formula is C16H21NO3. The first-order chi connectivity index (χ1) is 9.83. The Kier molecular flexibility index (Phi) is 5.65. The molecule has 20 heavy (non-hydrogen) atoms. The normalized spacial score (nSPS) is 10.7. The smallest absolute Gasteiger partial charge is 0.123 e. The summed E-state index contributed by atoms with van der Waals surface area (Å²) in [4.78, 5) is 0. The molecule has 0 unspecified atom stereocenters. The molecule has 0 amide bonds. The Bertz CT molecular complexity index is 505. The highest BCUT2D eigenvalue weighted by atomic mass is 16.5. The number of benzene rings is 1. The Morgan fingerprint density at radius 1 is 1.10 bits per heavy atom. The quantitative estimate of drug-likeness (QED) is 0.804. The topological polar surface area (TPSA) is 43.6 Å². The van der Waals surface area contributed by atoms with E-state index in [1.807, 2.05) is 30.3 Å². The van der Waals surface area contributed by atoms with Crippen molar-refractivity contribution in [1.29, 1.82) is 0 Å². The van der Waals surface area contributed by atoms with Gasteiger partial charge in [-0.2, -0.15) is 0 Å². The van der Waals surface area contributed by atoms with Crippen LogP contribution in [-0.2, 0) is 24.5 Å². The van der Waals surface area contributed by atoms with Crippen LogP contribution < -0.4 is 10.1 Å². The van der Waals surface area contributed by atoms with E-state index in [9.17, 15) is 0 Å². The summed E-state index contributed by atoms with van der Waals surface area (Å²) in [5.41, 5.74) is 2.22. The van der Waals surface area contributed by atoms with Gasteiger partial charge < -0.3 is 19.2 Å². The van der Waals surface area contributed by atoms with Crippen molar-refractivity contribution in [3.8, 4) is 5.75 Å². The summed E-state index contributed by atoms with van der Waals surface area (Å²) in [6, 6.07) is 9.85. The number of hydrogen-bond acceptors (Lipinski definition) is 4. The molecule has 0 radical (unpaired) electrons. The van der Waals surface area contributed by atoms with Gasteiger partial charge in [-0.15, -0.1) is 0 Å². The zero-order valence-corrected chi connectivity index (χ0v) is 12.0. The largest absolute Gasteiger partial charge is 0.497 e. The van der Waals surface area contributed by atoms with Gasteiger partial charge in [0.1, 0.15) is 11.5 Å². The fraction of sp³-hybridized carbons (Fsp3) is 0.375. The summed E-state index contributed by atoms with van der Waals surface area (Å²) in [6.07, 6.45) is 1.71. The van der Waals surface area contributed by atoms with Crippen LogP contribution in [0, 0.1) is 0 Å². The minimum absolute atomic E-state index is 0.559. The Hall–Kier alpha value is -1.78. The highest BCUT2D eigenvalue weighted by molar-refractivity contribution is 5.26. The maximum Gasteiger partial charge on any atom is 0.123 e. The van der Waals surface area contributed by atoms with E-state index in [0.717, 1.165) is 35.7 Å². The van der Waals surface area contributed by atoms with Gasteiger partial charge in [-0.25, -0.2) is 0 Å². The summed E-state index contributed by atoms with van der Waals surface area (Å²) in [5, 5.41) is 3.25. The number of rotatable bonds is 8. The van der Waals surface area contributed by atoms with Gasteiger partial charge in [0, 0.05) is 5.56 Å². The van der Waals surface area contributed by atoms with E-state index in [2.05, 4.69) is 12.2 Å². The standard InChI is InChI=1S/C16H21NO3/c1-3-17-10-16-14(8-9-20-16)12-19-11-13-4-6-15(18-2)7-5-13/h4-9,17H,3,10-12H2,1-2H3. The van der Waals surface area contributed by atoms with Gasteiger partial charge in [-0.05, 0) is 30.3 Å². The van der Waals surface area contributed by atoms with Crippen molar-refractivity contribution < 1.29 is 13.9 Å². The lowest BCUT2D eigenvalue weighted by Crippen LogP contribution is -2.12. The van der Waals surface area contributed by atoms with Crippen LogP contribution in [0.4, 0.5) is 0 Å². The van der Waals surface area contributed by atoms with Gasteiger partial charge in [0.05, 0.1) is 33.1 Å². The van der Waals surface area contributed by atoms with Crippen LogP contribution in [0.15, 0.2) is 41.0 Å². The summed E-state index contributed by atoms with van der Waals surface area (Å²) < 4.78 is 16.3. The molecule has 0 bridgehead atoms. The molecular weight excluding hydrogens is 254 g/mol. The Balaban J connectivity index is 1.81. The molecule has 4 nitrogen and oxygen atoms in total. The third kappa shape index (κ3) is 4.11. The second-order valence-electron chi connectivity index (χ2n) is 4.49. The van der Waals surface area contributed by atoms with Crippen LogP contribution in [0.3, 0.4) is 0 Å². The first-order valence-corrected chi connectivity index (χ1v) is 6.80. The van der Waals surface area contributed by atoms with Gasteiger partial charge in [-0.1, -0.05) is 19.1 Å². The van der Waals surface area contributed by atoms with Crippen molar-refractivity contribution >= 4 is 0 Å². The van der Waals surface area contributed by atoms with Crippen LogP contribution in [0.25, 0.3) is 0 Å². The molecule has 0 saturated carbocycles. The molecule has 4 heteroatoms. The predicted molar refractivity (Wildman–Crippen MR) is 77.6 cm³/mol. The van der Waals surface area contributed by atoms with Crippen molar-refractivity contribution in [3.63, 3.8) is 0 Å². The molecule has 1 N–H and O–H groups in total. The van der Waals surface area contributed by atoms with E-state index >= 15 is 0 Å². The van der Waals surface area contributed by atoms with E-state index in [0.29, 0.717) is 13.2 Å². The zero-order chi connectivity index (χ0) is 14.2. The highest BCUT2D eigenvalue weighted by Crippen LogP contribution is 2.15. The fourth-order valence-electron chi connectivity index (χ4n) is 1.89. The Morgan fingerprint density at radius 2 is 1.90 bits per heavy atom. The number of nitrogens with one attached hydrogen (secondary N) is 1. The molecule has 0 fully saturated rings. The van der Waals surface area contributed by atoms with E-state index in [1.165, 1.54) is 0 Å². The van der Waals surface area contributed by atoms with E-state index in [-0.39, 0.29) is 0 Å². The molecule has 0 atom stereocenters. The molecule has 0 spiro atoms. The van der Waals surface area contributed by atoms with Crippen LogP contribution >= 0.6 is 0 Å². The van der Waals surface area contributed by atoms with Gasteiger partial charge in [0.2, 0.25) is 0 Å². The Labute approximate surface area is 119 Å². The van der Waals surface area contributed by atoms with Gasteiger partial charge >= 0.3 is 0 Å². The fourth-order valence-corrected chi connectivity index (χ4v) is 1.89. The Morgan fingerprint density at radius 3 is 2.60 bits per heavy atom. The molecule has 0 aliphatic heterocycles. The summed E-state index contributed by atoms with van der Waals surface area (Å²) in [5.74, 6) is 1.80. The lowest BCUT2D eigenvalue weighted by atomic mass is 10.2. The average molecular weight is 275 g/mol. The van der Waals surface area contributed by atoms with Crippen molar-refractivity contribution in [2.24, 2.45) is 0 Å². The molecule has 1 aromatic carbocycles. The van der Waals surface area contributed by atoms with E-state index < -0.39 is 0 Å². The average Bonchev–Trinajstić information content (AvgIpc) is 2.93. The second-order valence-corrected chi connectivity index (χ2v) is 4.49. The van der Waals surface area contributed by atoms with Crippen LogP contribution in [0.2, 0.25) is 0 Å². The van der Waals surface area contributed by atoms with E-state index in [4.69, 9.17) is 13.9 Å². The molecule has 0 aliphatic rings. The molecule has 1 aromatic heterocycles. The monoisotopic (exact) mass is 275 g/mol. The SMILES string of the molecule is CCNCc1occc1COCc1ccc(OC)cc1. The molecule has 2 aromatic rings. The maximum absolute atomic E-state index is 5.73. The van der Waals surface area contributed by atoms with Gasteiger partial charge in [0.25, 0.3) is 0 Å². The van der Waals surface area contributed by atoms with Crippen molar-refractivity contribution in [1.82, 2.24) is 5.32 Å². The molecule has 0 saturated heterocycles. The number of ether oxygens (including phenoxy) is 2. The van der Waals surface area contributed by atoms with E-state index in [1.54, 1.807) is 13.4 Å². The first-order valence-electron chi connectivity index (χ1n) is 6.80. The lowest BCUT2D eigenvalue weighted by Gasteiger charge is -2.06. The summed E-state index contributed by atoms with van der Waals surface area (Å²) >= 11 is 0. The molecule has 0 aliphatic carbocycles. The summed E-state index contributed by atoms with van der Waals surface area (Å²) in [7, 11) is 1.66. The molecule has 1 heterocycles. The number of hydrogen-bond donors (Lipinski definition) is 1. The number of furan rings is 1. The summed E-state index contributed by atoms with van der Waals surface area (Å²) in [6.45, 7) is 4.87. The minimum Gasteiger partial charge on any atom is -0.497 e. The van der Waals surface area contributed by atoms with Crippen molar-refractivity contribution in [3.05, 3.63) is 53.5 Å². The van der Waals surface area contributed by atoms with Crippen LogP contribution in [0.5, 0.6) is 5.75 Å². The predicted octanol–water partition coefficient (Wildman–Crippen LogP) is 3.11. The van der Waals surface area contributed by atoms with Crippen LogP contribution in [0.1, 0.15) is 23.8 Å². The maximum atomic E-state index is 5.73. The highest BCUT2D eigenvalue weighted by Gasteiger charge is 2.06. The molecule has 2 rings (SSSR count). The third-order valence-electron chi connectivity index (χ3n) is 3.06. The third-order valence-corrected chi connectivity index (χ3v) is 3.06. The lowest BCUT2D eigenvalue weighted by molar-refractivity contribution is 0.106. The van der Waals surface area contributed by atoms with Crippen molar-refractivity contribution in [2.45, 2.75) is 26.7 Å². The van der Waals surface area contributed by atoms with Crippen molar-refractivity contribution in [2.75, 3.05) is 13.7 Å². The van der Waals surface area contributed by atoms with Gasteiger partial charge in [-0.3, -0.25) is 0 Å². The minimum atomic E-state index is 0.559. The molecule has 108 valence electrons.